The number of carboxylic acids is 1. The smallest absolute Gasteiger partial charge is 0.335 e. The maximum absolute atomic E-state index is 13.4. The Balaban J connectivity index is 2.26. The molecule has 2 rings (SSSR count). The molecule has 1 aromatic heterocycles. The fraction of sp³-hybridized carbons (Fsp3) is 0. The monoisotopic (exact) mass is 267 g/mol. The van der Waals surface area contributed by atoms with Crippen LogP contribution in [0.2, 0.25) is 0 Å². The van der Waals surface area contributed by atoms with E-state index in [0.717, 1.165) is 29.7 Å². The van der Waals surface area contributed by atoms with Gasteiger partial charge in [0.1, 0.15) is 5.82 Å². The number of nitrogens with zero attached hydrogens (tertiary/aromatic N) is 2. The zero-order valence-corrected chi connectivity index (χ0v) is 9.57. The van der Waals surface area contributed by atoms with Crippen LogP contribution in [0.1, 0.15) is 20.8 Å². The average Bonchev–Trinajstić information content (AvgIpc) is 2.85. The van der Waals surface area contributed by atoms with Crippen molar-refractivity contribution in [3.63, 3.8) is 0 Å². The second kappa shape index (κ2) is 4.88. The first-order chi connectivity index (χ1) is 8.58. The van der Waals surface area contributed by atoms with Crippen LogP contribution in [0.4, 0.5) is 10.1 Å². The Kier molecular flexibility index (Phi) is 3.28. The molecule has 0 saturated heterocycles. The van der Waals surface area contributed by atoms with Crippen molar-refractivity contribution in [2.45, 2.75) is 0 Å². The summed E-state index contributed by atoms with van der Waals surface area (Å²) >= 11 is 0.981. The Bertz CT molecular complexity index is 600. The molecule has 0 saturated carbocycles. The largest absolute Gasteiger partial charge is 0.478 e. The van der Waals surface area contributed by atoms with Gasteiger partial charge in [0.25, 0.3) is 5.91 Å². The Morgan fingerprint density at radius 2 is 2.17 bits per heavy atom. The first kappa shape index (κ1) is 12.1. The normalized spacial score (nSPS) is 10.1. The summed E-state index contributed by atoms with van der Waals surface area (Å²) in [6.45, 7) is 0. The van der Waals surface area contributed by atoms with Gasteiger partial charge >= 0.3 is 5.97 Å². The highest BCUT2D eigenvalue weighted by atomic mass is 32.1. The van der Waals surface area contributed by atoms with Crippen molar-refractivity contribution in [3.8, 4) is 0 Å². The van der Waals surface area contributed by atoms with E-state index in [-0.39, 0.29) is 16.9 Å². The van der Waals surface area contributed by atoms with E-state index in [0.29, 0.717) is 0 Å². The van der Waals surface area contributed by atoms with Crippen molar-refractivity contribution in [2.75, 3.05) is 5.32 Å². The Hall–Kier alpha value is -2.35. The summed E-state index contributed by atoms with van der Waals surface area (Å²) in [6, 6.07) is 3.12. The molecule has 0 atom stereocenters. The zero-order chi connectivity index (χ0) is 13.1. The summed E-state index contributed by atoms with van der Waals surface area (Å²) in [4.78, 5) is 22.3. The minimum atomic E-state index is -1.21. The molecule has 92 valence electrons. The highest BCUT2D eigenvalue weighted by Crippen LogP contribution is 2.17. The van der Waals surface area contributed by atoms with Crippen LogP contribution < -0.4 is 5.32 Å². The van der Waals surface area contributed by atoms with Gasteiger partial charge in [-0.1, -0.05) is 4.49 Å². The van der Waals surface area contributed by atoms with E-state index < -0.39 is 17.7 Å². The van der Waals surface area contributed by atoms with Crippen LogP contribution >= 0.6 is 11.5 Å². The number of hydrogen-bond acceptors (Lipinski definition) is 5. The van der Waals surface area contributed by atoms with Crippen LogP contribution in [-0.2, 0) is 0 Å². The molecule has 1 amide bonds. The standard InChI is InChI=1S/C10H6FN3O3S/c11-6-2-1-5(10(16)17)3-7(6)12-9(15)8-4-18-14-13-8/h1-4H,(H,12,15)(H,16,17). The fourth-order valence-corrected chi connectivity index (χ4v) is 1.64. The number of anilines is 1. The Labute approximate surface area is 104 Å². The first-order valence-corrected chi connectivity index (χ1v) is 5.53. The predicted octanol–water partition coefficient (Wildman–Crippen LogP) is 1.63. The van der Waals surface area contributed by atoms with Gasteiger partial charge in [0.05, 0.1) is 11.3 Å². The molecule has 2 N–H and O–H groups in total. The van der Waals surface area contributed by atoms with Gasteiger partial charge < -0.3 is 10.4 Å². The highest BCUT2D eigenvalue weighted by Gasteiger charge is 2.13. The van der Waals surface area contributed by atoms with E-state index in [1.807, 2.05) is 0 Å². The number of benzene rings is 1. The van der Waals surface area contributed by atoms with Gasteiger partial charge in [0.2, 0.25) is 0 Å². The summed E-state index contributed by atoms with van der Waals surface area (Å²) < 4.78 is 16.9. The molecule has 0 fully saturated rings. The summed E-state index contributed by atoms with van der Waals surface area (Å²) in [5.74, 6) is -2.58. The van der Waals surface area contributed by atoms with Gasteiger partial charge in [-0.05, 0) is 29.7 Å². The second-order valence-electron chi connectivity index (χ2n) is 3.24. The molecular formula is C10H6FN3O3S. The topological polar surface area (TPSA) is 92.2 Å². The lowest BCUT2D eigenvalue weighted by atomic mass is 10.2. The van der Waals surface area contributed by atoms with E-state index >= 15 is 0 Å². The molecule has 0 spiro atoms. The molecule has 6 nitrogen and oxygen atoms in total. The average molecular weight is 267 g/mol. The van der Waals surface area contributed by atoms with E-state index in [9.17, 15) is 14.0 Å². The molecule has 0 unspecified atom stereocenters. The minimum absolute atomic E-state index is 0.0418. The van der Waals surface area contributed by atoms with Crippen LogP contribution in [0, 0.1) is 5.82 Å². The molecule has 0 aliphatic rings. The van der Waals surface area contributed by atoms with Crippen molar-refractivity contribution in [1.82, 2.24) is 9.59 Å². The summed E-state index contributed by atoms with van der Waals surface area (Å²) in [6.07, 6.45) is 0. The maximum Gasteiger partial charge on any atom is 0.335 e. The van der Waals surface area contributed by atoms with Gasteiger partial charge in [0.15, 0.2) is 5.69 Å². The van der Waals surface area contributed by atoms with Gasteiger partial charge in [0, 0.05) is 5.38 Å². The number of carbonyl (C=O) groups excluding carboxylic acids is 1. The van der Waals surface area contributed by atoms with Crippen LogP contribution in [0.15, 0.2) is 23.6 Å². The van der Waals surface area contributed by atoms with Crippen LogP contribution in [0.25, 0.3) is 0 Å². The molecule has 2 aromatic rings. The van der Waals surface area contributed by atoms with Crippen molar-refractivity contribution >= 4 is 29.1 Å². The minimum Gasteiger partial charge on any atom is -0.478 e. The van der Waals surface area contributed by atoms with Gasteiger partial charge in [-0.15, -0.1) is 5.10 Å². The lowest BCUT2D eigenvalue weighted by Crippen LogP contribution is -2.14. The third kappa shape index (κ3) is 2.48. The van der Waals surface area contributed by atoms with E-state index in [1.54, 1.807) is 0 Å². The molecule has 0 radical (unpaired) electrons. The third-order valence-electron chi connectivity index (χ3n) is 2.05. The number of halogens is 1. The number of amides is 1. The number of nitrogens with one attached hydrogen (secondary N) is 1. The third-order valence-corrected chi connectivity index (χ3v) is 2.56. The fourth-order valence-electron chi connectivity index (χ4n) is 1.20. The van der Waals surface area contributed by atoms with Crippen molar-refractivity contribution in [3.05, 3.63) is 40.7 Å². The number of aromatic carboxylic acids is 1. The predicted molar refractivity (Wildman–Crippen MR) is 61.2 cm³/mol. The van der Waals surface area contributed by atoms with E-state index in [4.69, 9.17) is 5.11 Å². The molecule has 1 heterocycles. The molecule has 8 heteroatoms. The molecule has 0 bridgehead atoms. The molecule has 18 heavy (non-hydrogen) atoms. The zero-order valence-electron chi connectivity index (χ0n) is 8.75. The summed E-state index contributed by atoms with van der Waals surface area (Å²) in [5.41, 5.74) is -0.295. The quantitative estimate of drug-likeness (QED) is 0.881. The lowest BCUT2D eigenvalue weighted by Gasteiger charge is -2.05. The Morgan fingerprint density at radius 1 is 1.39 bits per heavy atom. The van der Waals surface area contributed by atoms with E-state index in [2.05, 4.69) is 14.9 Å². The number of rotatable bonds is 3. The molecule has 1 aromatic carbocycles. The van der Waals surface area contributed by atoms with Crippen LogP contribution in [0.3, 0.4) is 0 Å². The number of hydrogen-bond donors (Lipinski definition) is 2. The van der Waals surface area contributed by atoms with Gasteiger partial charge in [-0.3, -0.25) is 4.79 Å². The van der Waals surface area contributed by atoms with Crippen LogP contribution in [-0.4, -0.2) is 26.6 Å². The maximum atomic E-state index is 13.4. The lowest BCUT2D eigenvalue weighted by molar-refractivity contribution is 0.0696. The van der Waals surface area contributed by atoms with E-state index in [1.165, 1.54) is 5.38 Å². The Morgan fingerprint density at radius 3 is 2.78 bits per heavy atom. The molecule has 0 aliphatic heterocycles. The molecular weight excluding hydrogens is 261 g/mol. The SMILES string of the molecule is O=C(O)c1ccc(F)c(NC(=O)c2csnn2)c1. The number of aromatic nitrogens is 2. The molecule has 0 aliphatic carbocycles. The van der Waals surface area contributed by atoms with Crippen LogP contribution in [0.5, 0.6) is 0 Å². The first-order valence-electron chi connectivity index (χ1n) is 4.69. The summed E-state index contributed by atoms with van der Waals surface area (Å²) in [5, 5.41) is 15.9. The number of carbonyl (C=O) groups is 2. The van der Waals surface area contributed by atoms with Gasteiger partial charge in [-0.25, -0.2) is 9.18 Å². The van der Waals surface area contributed by atoms with Crippen molar-refractivity contribution in [2.24, 2.45) is 0 Å². The van der Waals surface area contributed by atoms with Crippen molar-refractivity contribution < 1.29 is 19.1 Å². The van der Waals surface area contributed by atoms with Gasteiger partial charge in [-0.2, -0.15) is 0 Å². The second-order valence-corrected chi connectivity index (χ2v) is 3.85. The highest BCUT2D eigenvalue weighted by molar-refractivity contribution is 7.03. The van der Waals surface area contributed by atoms with Crippen molar-refractivity contribution in [1.29, 1.82) is 0 Å². The summed E-state index contributed by atoms with van der Waals surface area (Å²) in [7, 11) is 0. The number of carboxylic acid groups (broad SMARTS) is 1.